The Morgan fingerprint density at radius 3 is 2.35 bits per heavy atom. The highest BCUT2D eigenvalue weighted by molar-refractivity contribution is 7.24. The topological polar surface area (TPSA) is 92.3 Å². The van der Waals surface area contributed by atoms with Crippen LogP contribution in [-0.4, -0.2) is 26.3 Å². The van der Waals surface area contributed by atoms with E-state index in [-0.39, 0.29) is 12.4 Å². The third-order valence-corrected chi connectivity index (χ3v) is 6.65. The Kier molecular flexibility index (Phi) is 9.37. The monoisotopic (exact) mass is 573 g/mol. The number of halogens is 3. The molecule has 8 nitrogen and oxygen atoms in total. The molecule has 0 aliphatic rings. The number of rotatable bonds is 13. The predicted molar refractivity (Wildman–Crippen MR) is 144 cm³/mol. The van der Waals surface area contributed by atoms with Crippen molar-refractivity contribution in [3.63, 3.8) is 0 Å². The van der Waals surface area contributed by atoms with Gasteiger partial charge in [-0.1, -0.05) is 34.0 Å². The zero-order valence-corrected chi connectivity index (χ0v) is 23.0. The highest BCUT2D eigenvalue weighted by atomic mass is 31.1. The number of oxazole rings is 1. The molecule has 40 heavy (non-hydrogen) atoms. The first-order valence-electron chi connectivity index (χ1n) is 12.6. The Bertz CT molecular complexity index is 1410. The smallest absolute Gasteiger partial charge is 0.487 e. The van der Waals surface area contributed by atoms with Gasteiger partial charge in [0.1, 0.15) is 30.1 Å². The standard InChI is InChI=1S/C28H28F3N4O4P/c1-27(2,40-36)35-17-22(33-34-35)6-4-3-5-20-7-12-24(13-8-20)37-18-23-19-38-26(32-23)16-11-21-9-14-25(15-10-21)39-28(29,30)31/h7-17,19H,3-6,18H2,1-2H3/p+1. The third-order valence-electron chi connectivity index (χ3n) is 5.92. The fourth-order valence-corrected chi connectivity index (χ4v) is 3.89. The number of nitrogens with zero attached hydrogens (tertiary/aromatic N) is 4. The zero-order chi connectivity index (χ0) is 28.6. The quantitative estimate of drug-likeness (QED) is 0.123. The van der Waals surface area contributed by atoms with Crippen molar-refractivity contribution < 1.29 is 31.6 Å². The van der Waals surface area contributed by atoms with Crippen molar-refractivity contribution in [1.82, 2.24) is 20.0 Å². The van der Waals surface area contributed by atoms with E-state index in [2.05, 4.69) is 20.0 Å². The van der Waals surface area contributed by atoms with Crippen LogP contribution in [0, 0.1) is 0 Å². The van der Waals surface area contributed by atoms with Crippen molar-refractivity contribution in [2.45, 2.75) is 57.8 Å². The number of hydrogen-bond acceptors (Lipinski definition) is 7. The van der Waals surface area contributed by atoms with Gasteiger partial charge < -0.3 is 13.9 Å². The molecule has 1 unspecified atom stereocenters. The normalized spacial score (nSPS) is 12.3. The van der Waals surface area contributed by atoms with Crippen LogP contribution in [0.1, 0.15) is 55.1 Å². The summed E-state index contributed by atoms with van der Waals surface area (Å²) in [4.78, 5) is 4.34. The van der Waals surface area contributed by atoms with Crippen LogP contribution in [0.15, 0.2) is 65.4 Å². The summed E-state index contributed by atoms with van der Waals surface area (Å²) < 4.78 is 64.9. The third kappa shape index (κ3) is 8.77. The van der Waals surface area contributed by atoms with Gasteiger partial charge >= 0.3 is 14.8 Å². The van der Waals surface area contributed by atoms with Gasteiger partial charge in [-0.2, -0.15) is 0 Å². The van der Waals surface area contributed by atoms with Gasteiger partial charge in [0, 0.05) is 19.9 Å². The second kappa shape index (κ2) is 12.9. The first-order valence-corrected chi connectivity index (χ1v) is 13.5. The molecule has 2 heterocycles. The van der Waals surface area contributed by atoms with Gasteiger partial charge in [-0.05, 0) is 67.2 Å². The number of benzene rings is 2. The second-order valence-corrected chi connectivity index (χ2v) is 11.0. The highest BCUT2D eigenvalue weighted by Crippen LogP contribution is 2.27. The fraction of sp³-hybridized carbons (Fsp3) is 0.321. The van der Waals surface area contributed by atoms with Crippen molar-refractivity contribution >= 4 is 20.6 Å². The summed E-state index contributed by atoms with van der Waals surface area (Å²) in [6.07, 6.45) is 5.65. The van der Waals surface area contributed by atoms with E-state index in [0.717, 1.165) is 31.4 Å². The van der Waals surface area contributed by atoms with E-state index in [1.165, 1.54) is 36.1 Å². The summed E-state index contributed by atoms with van der Waals surface area (Å²) in [5, 5.41) is 7.73. The average molecular weight is 574 g/mol. The van der Waals surface area contributed by atoms with E-state index in [0.29, 0.717) is 22.9 Å². The van der Waals surface area contributed by atoms with Crippen LogP contribution >= 0.6 is 8.46 Å². The van der Waals surface area contributed by atoms with Gasteiger partial charge in [-0.15, -0.1) is 18.3 Å². The minimum Gasteiger partial charge on any atom is -0.487 e. The van der Waals surface area contributed by atoms with Gasteiger partial charge in [0.2, 0.25) is 11.2 Å². The number of aryl methyl sites for hydroxylation is 2. The molecule has 2 aromatic heterocycles. The summed E-state index contributed by atoms with van der Waals surface area (Å²) in [6, 6.07) is 13.4. The lowest BCUT2D eigenvalue weighted by Gasteiger charge is -2.08. The first-order chi connectivity index (χ1) is 19.1. The van der Waals surface area contributed by atoms with Crippen LogP contribution < -0.4 is 9.47 Å². The Morgan fingerprint density at radius 1 is 0.950 bits per heavy atom. The van der Waals surface area contributed by atoms with E-state index >= 15 is 0 Å². The van der Waals surface area contributed by atoms with Gasteiger partial charge in [0.05, 0.1) is 11.9 Å². The van der Waals surface area contributed by atoms with E-state index in [1.54, 1.807) is 16.8 Å². The number of ether oxygens (including phenoxy) is 2. The Hall–Kier alpha value is -3.98. The second-order valence-electron chi connectivity index (χ2n) is 9.58. The van der Waals surface area contributed by atoms with Crippen LogP contribution in [0.4, 0.5) is 13.2 Å². The maximum Gasteiger partial charge on any atom is 0.573 e. The molecule has 0 bridgehead atoms. The lowest BCUT2D eigenvalue weighted by Crippen LogP contribution is -2.19. The SMILES string of the molecule is CC(C)([PH+]=O)n1cc(CCCCc2ccc(OCc3coc(C=Cc4ccc(OC(F)(F)F)cc4)n3)cc2)nn1. The largest absolute Gasteiger partial charge is 0.573 e. The molecule has 0 aliphatic carbocycles. The maximum atomic E-state index is 12.3. The van der Waals surface area contributed by atoms with E-state index in [4.69, 9.17) is 9.15 Å². The van der Waals surface area contributed by atoms with Crippen LogP contribution in [0.5, 0.6) is 11.5 Å². The van der Waals surface area contributed by atoms with E-state index in [1.807, 2.05) is 44.3 Å². The highest BCUT2D eigenvalue weighted by Gasteiger charge is 2.31. The predicted octanol–water partition coefficient (Wildman–Crippen LogP) is 7.20. The van der Waals surface area contributed by atoms with Crippen LogP contribution in [0.25, 0.3) is 12.2 Å². The van der Waals surface area contributed by atoms with Crippen molar-refractivity contribution in [2.75, 3.05) is 0 Å². The van der Waals surface area contributed by atoms with Gasteiger partial charge in [0.15, 0.2) is 0 Å². The fourth-order valence-electron chi connectivity index (χ4n) is 3.69. The minimum atomic E-state index is -4.72. The number of alkyl halides is 3. The van der Waals surface area contributed by atoms with Crippen LogP contribution in [-0.2, 0) is 29.3 Å². The first kappa shape index (κ1) is 29.0. The molecule has 2 aromatic carbocycles. The summed E-state index contributed by atoms with van der Waals surface area (Å²) >= 11 is 0. The summed E-state index contributed by atoms with van der Waals surface area (Å²) in [6.45, 7) is 3.95. The Balaban J connectivity index is 1.18. The molecule has 0 amide bonds. The van der Waals surface area contributed by atoms with Crippen molar-refractivity contribution in [3.05, 3.63) is 89.4 Å². The molecule has 0 N–H and O–H groups in total. The van der Waals surface area contributed by atoms with Gasteiger partial charge in [0.25, 0.3) is 0 Å². The molecule has 0 saturated carbocycles. The van der Waals surface area contributed by atoms with Crippen LogP contribution in [0.2, 0.25) is 0 Å². The molecular formula is C28H29F3N4O4P+. The molecular weight excluding hydrogens is 544 g/mol. The Labute approximate surface area is 231 Å². The average Bonchev–Trinajstić information content (AvgIpc) is 3.60. The summed E-state index contributed by atoms with van der Waals surface area (Å²) in [5.41, 5.74) is 3.37. The molecule has 4 aromatic rings. The zero-order valence-electron chi connectivity index (χ0n) is 22.0. The molecule has 0 aliphatic heterocycles. The van der Waals surface area contributed by atoms with Gasteiger partial charge in [-0.25, -0.2) is 9.67 Å². The molecule has 0 spiro atoms. The molecule has 0 fully saturated rings. The molecule has 0 radical (unpaired) electrons. The number of unbranched alkanes of at least 4 members (excludes halogenated alkanes) is 1. The molecule has 4 rings (SSSR count). The van der Waals surface area contributed by atoms with Crippen LogP contribution in [0.3, 0.4) is 0 Å². The van der Waals surface area contributed by atoms with Gasteiger partial charge in [-0.3, -0.25) is 0 Å². The molecule has 12 heteroatoms. The summed E-state index contributed by atoms with van der Waals surface area (Å²) in [7, 11) is -0.496. The van der Waals surface area contributed by atoms with Crippen molar-refractivity contribution in [3.8, 4) is 11.5 Å². The minimum absolute atomic E-state index is 0.227. The van der Waals surface area contributed by atoms with Crippen molar-refractivity contribution in [2.24, 2.45) is 0 Å². The lowest BCUT2D eigenvalue weighted by atomic mass is 10.1. The lowest BCUT2D eigenvalue weighted by molar-refractivity contribution is -0.274. The van der Waals surface area contributed by atoms with E-state index in [9.17, 15) is 17.7 Å². The van der Waals surface area contributed by atoms with Crippen molar-refractivity contribution in [1.29, 1.82) is 0 Å². The molecule has 0 saturated heterocycles. The number of aromatic nitrogens is 4. The molecule has 1 atom stereocenters. The Morgan fingerprint density at radius 2 is 1.65 bits per heavy atom. The number of hydrogen-bond donors (Lipinski definition) is 0. The summed E-state index contributed by atoms with van der Waals surface area (Å²) in [5.74, 6) is 0.776. The van der Waals surface area contributed by atoms with E-state index < -0.39 is 20.1 Å². The maximum absolute atomic E-state index is 12.3. The molecule has 210 valence electrons.